The number of hydrogen-bond acceptors (Lipinski definition) is 2. The van der Waals surface area contributed by atoms with Gasteiger partial charge >= 0.3 is 0 Å². The summed E-state index contributed by atoms with van der Waals surface area (Å²) in [6, 6.07) is 4.35. The molecular weight excluding hydrogens is 222 g/mol. The van der Waals surface area contributed by atoms with Crippen molar-refractivity contribution < 1.29 is 4.74 Å². The van der Waals surface area contributed by atoms with E-state index in [9.17, 15) is 0 Å². The SMILES string of the molecule is CCNCC(C)(CC)Oc1cc(C)cc(C)c1C. The van der Waals surface area contributed by atoms with E-state index in [0.29, 0.717) is 0 Å². The molecule has 0 heterocycles. The predicted molar refractivity (Wildman–Crippen MR) is 78.5 cm³/mol. The number of ether oxygens (including phenoxy) is 1. The van der Waals surface area contributed by atoms with Gasteiger partial charge in [0.05, 0.1) is 0 Å². The largest absolute Gasteiger partial charge is 0.486 e. The molecule has 0 spiro atoms. The Bertz CT molecular complexity index is 400. The van der Waals surface area contributed by atoms with E-state index < -0.39 is 0 Å². The van der Waals surface area contributed by atoms with Gasteiger partial charge in [-0.1, -0.05) is 19.9 Å². The molecule has 1 rings (SSSR count). The highest BCUT2D eigenvalue weighted by molar-refractivity contribution is 5.42. The van der Waals surface area contributed by atoms with E-state index in [1.165, 1.54) is 16.7 Å². The van der Waals surface area contributed by atoms with Crippen LogP contribution in [0.4, 0.5) is 0 Å². The van der Waals surface area contributed by atoms with E-state index in [-0.39, 0.29) is 5.60 Å². The van der Waals surface area contributed by atoms with Crippen LogP contribution in [0.1, 0.15) is 43.9 Å². The summed E-state index contributed by atoms with van der Waals surface area (Å²) < 4.78 is 6.28. The smallest absolute Gasteiger partial charge is 0.123 e. The average Bonchev–Trinajstić information content (AvgIpc) is 2.33. The van der Waals surface area contributed by atoms with Crippen molar-refractivity contribution in [1.29, 1.82) is 0 Å². The summed E-state index contributed by atoms with van der Waals surface area (Å²) in [6.45, 7) is 14.7. The van der Waals surface area contributed by atoms with Crippen LogP contribution >= 0.6 is 0 Å². The highest BCUT2D eigenvalue weighted by atomic mass is 16.5. The third-order valence-electron chi connectivity index (χ3n) is 3.62. The van der Waals surface area contributed by atoms with Crippen molar-refractivity contribution >= 4 is 0 Å². The molecule has 0 aromatic heterocycles. The lowest BCUT2D eigenvalue weighted by Gasteiger charge is -2.31. The quantitative estimate of drug-likeness (QED) is 0.828. The van der Waals surface area contributed by atoms with Crippen molar-refractivity contribution in [2.45, 2.75) is 53.6 Å². The molecule has 0 aliphatic heterocycles. The van der Waals surface area contributed by atoms with Gasteiger partial charge in [0.2, 0.25) is 0 Å². The Hall–Kier alpha value is -1.02. The van der Waals surface area contributed by atoms with Crippen LogP contribution < -0.4 is 10.1 Å². The zero-order valence-electron chi connectivity index (χ0n) is 12.7. The Morgan fingerprint density at radius 1 is 1.17 bits per heavy atom. The Morgan fingerprint density at radius 3 is 2.39 bits per heavy atom. The molecule has 0 radical (unpaired) electrons. The standard InChI is InChI=1S/C16H27NO/c1-7-16(6,11-17-8-2)18-15-10-12(3)9-13(4)14(15)5/h9-10,17H,7-8,11H2,1-6H3. The predicted octanol–water partition coefficient (Wildman–Crippen LogP) is 3.77. The third kappa shape index (κ3) is 3.74. The molecule has 102 valence electrons. The molecule has 1 aromatic carbocycles. The van der Waals surface area contributed by atoms with Crippen molar-refractivity contribution in [2.24, 2.45) is 0 Å². The molecule has 0 saturated heterocycles. The monoisotopic (exact) mass is 249 g/mol. The molecule has 18 heavy (non-hydrogen) atoms. The molecule has 2 nitrogen and oxygen atoms in total. The maximum atomic E-state index is 6.28. The molecule has 1 unspecified atom stereocenters. The van der Waals surface area contributed by atoms with Gasteiger partial charge in [0.25, 0.3) is 0 Å². The lowest BCUT2D eigenvalue weighted by atomic mass is 10.0. The van der Waals surface area contributed by atoms with Crippen LogP contribution in [0, 0.1) is 20.8 Å². The van der Waals surface area contributed by atoms with Crippen molar-refractivity contribution in [3.63, 3.8) is 0 Å². The van der Waals surface area contributed by atoms with E-state index in [1.54, 1.807) is 0 Å². The molecule has 0 saturated carbocycles. The highest BCUT2D eigenvalue weighted by Gasteiger charge is 2.24. The van der Waals surface area contributed by atoms with Gasteiger partial charge in [0.1, 0.15) is 11.4 Å². The summed E-state index contributed by atoms with van der Waals surface area (Å²) in [4.78, 5) is 0. The first kappa shape index (κ1) is 15.0. The minimum atomic E-state index is -0.138. The molecule has 0 fully saturated rings. The second-order valence-corrected chi connectivity index (χ2v) is 5.39. The first-order valence-corrected chi connectivity index (χ1v) is 6.89. The van der Waals surface area contributed by atoms with Gasteiger partial charge in [-0.05, 0) is 63.4 Å². The van der Waals surface area contributed by atoms with Crippen LogP contribution in [0.2, 0.25) is 0 Å². The van der Waals surface area contributed by atoms with Crippen molar-refractivity contribution in [3.8, 4) is 5.75 Å². The maximum Gasteiger partial charge on any atom is 0.123 e. The summed E-state index contributed by atoms with van der Waals surface area (Å²) in [5.41, 5.74) is 3.67. The van der Waals surface area contributed by atoms with E-state index in [1.807, 2.05) is 0 Å². The number of aryl methyl sites for hydroxylation is 2. The van der Waals surface area contributed by atoms with Gasteiger partial charge in [0, 0.05) is 6.54 Å². The molecule has 0 amide bonds. The lowest BCUT2D eigenvalue weighted by Crippen LogP contribution is -2.42. The fourth-order valence-corrected chi connectivity index (χ4v) is 1.99. The van der Waals surface area contributed by atoms with Gasteiger partial charge < -0.3 is 10.1 Å². The summed E-state index contributed by atoms with van der Waals surface area (Å²) in [6.07, 6.45) is 0.992. The van der Waals surface area contributed by atoms with Crippen LogP contribution in [0.25, 0.3) is 0 Å². The number of likely N-dealkylation sites (N-methyl/N-ethyl adjacent to an activating group) is 1. The van der Waals surface area contributed by atoms with Crippen LogP contribution in [0.5, 0.6) is 5.75 Å². The van der Waals surface area contributed by atoms with Crippen molar-refractivity contribution in [1.82, 2.24) is 5.32 Å². The van der Waals surface area contributed by atoms with Crippen LogP contribution in [-0.2, 0) is 0 Å². The summed E-state index contributed by atoms with van der Waals surface area (Å²) in [5, 5.41) is 3.38. The molecule has 1 aromatic rings. The Labute approximate surface area is 112 Å². The van der Waals surface area contributed by atoms with Gasteiger partial charge in [-0.15, -0.1) is 0 Å². The van der Waals surface area contributed by atoms with Crippen LogP contribution in [0.15, 0.2) is 12.1 Å². The van der Waals surface area contributed by atoms with E-state index in [2.05, 4.69) is 59.0 Å². The van der Waals surface area contributed by atoms with Gasteiger partial charge in [0.15, 0.2) is 0 Å². The second-order valence-electron chi connectivity index (χ2n) is 5.39. The molecule has 0 aliphatic rings. The van der Waals surface area contributed by atoms with Crippen LogP contribution in [-0.4, -0.2) is 18.7 Å². The Kier molecular flexibility index (Phi) is 5.21. The number of hydrogen-bond donors (Lipinski definition) is 1. The topological polar surface area (TPSA) is 21.3 Å². The van der Waals surface area contributed by atoms with Crippen molar-refractivity contribution in [2.75, 3.05) is 13.1 Å². The molecule has 0 bridgehead atoms. The van der Waals surface area contributed by atoms with E-state index in [0.717, 1.165) is 25.3 Å². The fourth-order valence-electron chi connectivity index (χ4n) is 1.99. The Balaban J connectivity index is 2.94. The van der Waals surface area contributed by atoms with E-state index in [4.69, 9.17) is 4.74 Å². The third-order valence-corrected chi connectivity index (χ3v) is 3.62. The van der Waals surface area contributed by atoms with Gasteiger partial charge in [-0.25, -0.2) is 0 Å². The normalized spacial score (nSPS) is 14.3. The highest BCUT2D eigenvalue weighted by Crippen LogP contribution is 2.28. The maximum absolute atomic E-state index is 6.28. The van der Waals surface area contributed by atoms with Crippen LogP contribution in [0.3, 0.4) is 0 Å². The zero-order chi connectivity index (χ0) is 13.8. The minimum Gasteiger partial charge on any atom is -0.486 e. The Morgan fingerprint density at radius 2 is 1.83 bits per heavy atom. The molecular formula is C16H27NO. The second kappa shape index (κ2) is 6.24. The molecule has 0 aliphatic carbocycles. The number of rotatable bonds is 6. The van der Waals surface area contributed by atoms with Gasteiger partial charge in [-0.2, -0.15) is 0 Å². The first-order valence-electron chi connectivity index (χ1n) is 6.89. The van der Waals surface area contributed by atoms with Gasteiger partial charge in [-0.3, -0.25) is 0 Å². The summed E-state index contributed by atoms with van der Waals surface area (Å²) in [5.74, 6) is 1.02. The number of benzene rings is 1. The minimum absolute atomic E-state index is 0.138. The zero-order valence-corrected chi connectivity index (χ0v) is 12.7. The molecule has 2 heteroatoms. The summed E-state index contributed by atoms with van der Waals surface area (Å²) in [7, 11) is 0. The lowest BCUT2D eigenvalue weighted by molar-refractivity contribution is 0.0832. The first-order chi connectivity index (χ1) is 8.41. The summed E-state index contributed by atoms with van der Waals surface area (Å²) >= 11 is 0. The van der Waals surface area contributed by atoms with Crippen molar-refractivity contribution in [3.05, 3.63) is 28.8 Å². The number of nitrogens with one attached hydrogen (secondary N) is 1. The molecule has 1 atom stereocenters. The average molecular weight is 249 g/mol. The molecule has 1 N–H and O–H groups in total. The fraction of sp³-hybridized carbons (Fsp3) is 0.625. The van der Waals surface area contributed by atoms with E-state index >= 15 is 0 Å².